The molecule has 16 heavy (non-hydrogen) atoms. The van der Waals surface area contributed by atoms with Crippen LogP contribution < -0.4 is 5.32 Å². The summed E-state index contributed by atoms with van der Waals surface area (Å²) >= 11 is 0. The lowest BCUT2D eigenvalue weighted by Crippen LogP contribution is -2.09. The van der Waals surface area contributed by atoms with Crippen LogP contribution in [0.1, 0.15) is 16.7 Å². The van der Waals surface area contributed by atoms with E-state index in [1.54, 1.807) is 20.8 Å². The number of phenols is 2. The first kappa shape index (κ1) is 12.1. The SMILES string of the molecule is C=CC(=O)Nc1c(C)c(O)c(C)c(C)c1O. The maximum atomic E-state index is 11.2. The van der Waals surface area contributed by atoms with Crippen LogP contribution in [0.25, 0.3) is 0 Å². The van der Waals surface area contributed by atoms with E-state index in [0.29, 0.717) is 16.7 Å². The van der Waals surface area contributed by atoms with Crippen LogP contribution >= 0.6 is 0 Å². The van der Waals surface area contributed by atoms with Crippen LogP contribution in [0.2, 0.25) is 0 Å². The number of carbonyl (C=O) groups is 1. The molecule has 0 fully saturated rings. The topological polar surface area (TPSA) is 69.6 Å². The molecule has 1 rings (SSSR count). The molecule has 3 N–H and O–H groups in total. The molecule has 0 unspecified atom stereocenters. The van der Waals surface area contributed by atoms with Crippen molar-refractivity contribution in [3.8, 4) is 11.5 Å². The fraction of sp³-hybridized carbons (Fsp3) is 0.250. The fourth-order valence-electron chi connectivity index (χ4n) is 1.45. The van der Waals surface area contributed by atoms with Crippen molar-refractivity contribution in [1.29, 1.82) is 0 Å². The number of aromatic hydroxyl groups is 2. The summed E-state index contributed by atoms with van der Waals surface area (Å²) in [6.07, 6.45) is 1.10. The van der Waals surface area contributed by atoms with Gasteiger partial charge in [0.1, 0.15) is 11.5 Å². The minimum Gasteiger partial charge on any atom is -0.507 e. The maximum absolute atomic E-state index is 11.2. The summed E-state index contributed by atoms with van der Waals surface area (Å²) in [7, 11) is 0. The summed E-state index contributed by atoms with van der Waals surface area (Å²) in [6, 6.07) is 0. The van der Waals surface area contributed by atoms with Crippen molar-refractivity contribution in [2.75, 3.05) is 5.32 Å². The zero-order valence-electron chi connectivity index (χ0n) is 9.59. The molecule has 0 atom stereocenters. The molecular weight excluding hydrogens is 206 g/mol. The van der Waals surface area contributed by atoms with Crippen LogP contribution in [0.4, 0.5) is 5.69 Å². The Hall–Kier alpha value is -1.97. The van der Waals surface area contributed by atoms with Crippen molar-refractivity contribution >= 4 is 11.6 Å². The summed E-state index contributed by atoms with van der Waals surface area (Å²) in [5, 5.41) is 22.1. The number of nitrogens with one attached hydrogen (secondary N) is 1. The van der Waals surface area contributed by atoms with Gasteiger partial charge in [0.05, 0.1) is 5.69 Å². The van der Waals surface area contributed by atoms with Crippen molar-refractivity contribution in [2.24, 2.45) is 0 Å². The number of amides is 1. The van der Waals surface area contributed by atoms with Crippen LogP contribution in [-0.2, 0) is 4.79 Å². The minimum absolute atomic E-state index is 0.0250. The number of phenolic OH excluding ortho intramolecular Hbond substituents is 2. The van der Waals surface area contributed by atoms with E-state index in [2.05, 4.69) is 11.9 Å². The van der Waals surface area contributed by atoms with Gasteiger partial charge in [-0.15, -0.1) is 0 Å². The molecular formula is C12H15NO3. The van der Waals surface area contributed by atoms with Gasteiger partial charge in [-0.05, 0) is 38.0 Å². The zero-order valence-corrected chi connectivity index (χ0v) is 9.59. The van der Waals surface area contributed by atoms with Gasteiger partial charge in [0, 0.05) is 5.56 Å². The van der Waals surface area contributed by atoms with Crippen LogP contribution in [0.3, 0.4) is 0 Å². The number of rotatable bonds is 2. The van der Waals surface area contributed by atoms with Gasteiger partial charge in [0.2, 0.25) is 5.91 Å². The van der Waals surface area contributed by atoms with Crippen molar-refractivity contribution in [1.82, 2.24) is 0 Å². The molecule has 0 bridgehead atoms. The second-order valence-corrected chi connectivity index (χ2v) is 3.64. The number of carbonyl (C=O) groups excluding carboxylic acids is 1. The highest BCUT2D eigenvalue weighted by atomic mass is 16.3. The highest BCUT2D eigenvalue weighted by molar-refractivity contribution is 6.01. The molecule has 1 aromatic carbocycles. The third-order valence-corrected chi connectivity index (χ3v) is 2.67. The van der Waals surface area contributed by atoms with Crippen LogP contribution in [-0.4, -0.2) is 16.1 Å². The molecule has 0 spiro atoms. The quantitative estimate of drug-likeness (QED) is 0.407. The Labute approximate surface area is 94.2 Å². The lowest BCUT2D eigenvalue weighted by atomic mass is 10.0. The number of hydrogen-bond donors (Lipinski definition) is 3. The second-order valence-electron chi connectivity index (χ2n) is 3.64. The van der Waals surface area contributed by atoms with Crippen molar-refractivity contribution < 1.29 is 15.0 Å². The highest BCUT2D eigenvalue weighted by Gasteiger charge is 2.17. The zero-order chi connectivity index (χ0) is 12.5. The smallest absolute Gasteiger partial charge is 0.247 e. The number of hydrogen-bond acceptors (Lipinski definition) is 3. The van der Waals surface area contributed by atoms with Gasteiger partial charge >= 0.3 is 0 Å². The Balaban J connectivity index is 3.39. The first-order valence-electron chi connectivity index (χ1n) is 4.85. The fourth-order valence-corrected chi connectivity index (χ4v) is 1.45. The van der Waals surface area contributed by atoms with Gasteiger partial charge in [-0.2, -0.15) is 0 Å². The molecule has 86 valence electrons. The first-order valence-corrected chi connectivity index (χ1v) is 4.85. The van der Waals surface area contributed by atoms with E-state index in [0.717, 1.165) is 6.08 Å². The Kier molecular flexibility index (Phi) is 3.22. The minimum atomic E-state index is -0.430. The summed E-state index contributed by atoms with van der Waals surface area (Å²) in [5.74, 6) is -0.376. The highest BCUT2D eigenvalue weighted by Crippen LogP contribution is 2.39. The molecule has 0 aliphatic rings. The van der Waals surface area contributed by atoms with Gasteiger partial charge in [-0.1, -0.05) is 6.58 Å². The Morgan fingerprint density at radius 3 is 2.12 bits per heavy atom. The number of benzene rings is 1. The lowest BCUT2D eigenvalue weighted by molar-refractivity contribution is -0.111. The predicted molar refractivity (Wildman–Crippen MR) is 62.8 cm³/mol. The van der Waals surface area contributed by atoms with Crippen molar-refractivity contribution in [2.45, 2.75) is 20.8 Å². The molecule has 0 saturated carbocycles. The Bertz CT molecular complexity index is 435. The third-order valence-electron chi connectivity index (χ3n) is 2.67. The van der Waals surface area contributed by atoms with Gasteiger partial charge in [-0.25, -0.2) is 0 Å². The van der Waals surface area contributed by atoms with E-state index in [-0.39, 0.29) is 17.2 Å². The average molecular weight is 221 g/mol. The van der Waals surface area contributed by atoms with Crippen LogP contribution in [0, 0.1) is 20.8 Å². The molecule has 1 aromatic rings. The van der Waals surface area contributed by atoms with E-state index < -0.39 is 5.91 Å². The van der Waals surface area contributed by atoms with Gasteiger partial charge in [0.25, 0.3) is 0 Å². The Morgan fingerprint density at radius 1 is 1.12 bits per heavy atom. The molecule has 0 radical (unpaired) electrons. The first-order chi connectivity index (χ1) is 7.40. The molecule has 0 aliphatic heterocycles. The average Bonchev–Trinajstić information content (AvgIpc) is 2.29. The second kappa shape index (κ2) is 4.26. The summed E-state index contributed by atoms with van der Waals surface area (Å²) in [5.41, 5.74) is 1.82. The van der Waals surface area contributed by atoms with Crippen molar-refractivity contribution in [3.63, 3.8) is 0 Å². The largest absolute Gasteiger partial charge is 0.507 e. The summed E-state index contributed by atoms with van der Waals surface area (Å²) < 4.78 is 0. The molecule has 0 aromatic heterocycles. The number of anilines is 1. The third kappa shape index (κ3) is 1.86. The molecule has 4 nitrogen and oxygen atoms in total. The standard InChI is InChI=1S/C12H15NO3/c1-5-9(14)13-10-8(4)11(15)6(2)7(3)12(10)16/h5,15-16H,1H2,2-4H3,(H,13,14). The molecule has 4 heteroatoms. The van der Waals surface area contributed by atoms with Gasteiger partial charge in [-0.3, -0.25) is 4.79 Å². The van der Waals surface area contributed by atoms with Crippen LogP contribution in [0.15, 0.2) is 12.7 Å². The predicted octanol–water partition coefficient (Wildman–Crippen LogP) is 2.15. The Morgan fingerprint density at radius 2 is 1.62 bits per heavy atom. The summed E-state index contributed by atoms with van der Waals surface area (Å²) in [4.78, 5) is 11.2. The molecule has 1 amide bonds. The summed E-state index contributed by atoms with van der Waals surface area (Å²) in [6.45, 7) is 8.33. The maximum Gasteiger partial charge on any atom is 0.247 e. The molecule has 0 saturated heterocycles. The van der Waals surface area contributed by atoms with Gasteiger partial charge < -0.3 is 15.5 Å². The van der Waals surface area contributed by atoms with Crippen LogP contribution in [0.5, 0.6) is 11.5 Å². The van der Waals surface area contributed by atoms with E-state index >= 15 is 0 Å². The van der Waals surface area contributed by atoms with E-state index in [4.69, 9.17) is 0 Å². The lowest BCUT2D eigenvalue weighted by Gasteiger charge is -2.15. The normalized spacial score (nSPS) is 9.94. The monoisotopic (exact) mass is 221 g/mol. The van der Waals surface area contributed by atoms with E-state index in [9.17, 15) is 15.0 Å². The molecule has 0 heterocycles. The van der Waals surface area contributed by atoms with Gasteiger partial charge in [0.15, 0.2) is 0 Å². The van der Waals surface area contributed by atoms with E-state index in [1.165, 1.54) is 0 Å². The van der Waals surface area contributed by atoms with E-state index in [1.807, 2.05) is 0 Å². The van der Waals surface area contributed by atoms with Crippen molar-refractivity contribution in [3.05, 3.63) is 29.3 Å². The molecule has 0 aliphatic carbocycles.